The predicted octanol–water partition coefficient (Wildman–Crippen LogP) is 4.35. The summed E-state index contributed by atoms with van der Waals surface area (Å²) in [4.78, 5) is 32.4. The quantitative estimate of drug-likeness (QED) is 0.197. The smallest absolute Gasteiger partial charge is 0.335 e. The summed E-state index contributed by atoms with van der Waals surface area (Å²) in [5.41, 5.74) is 10.9. The van der Waals surface area contributed by atoms with E-state index in [0.29, 0.717) is 69.4 Å². The standard InChI is InChI=1S/C42H43N5O9S/c1-18-10-21-11-25-26(14-44)47-27-15-52-41(50)42(40-24(12-22(13-43)45-42)23-8-6-7-9-28(23)56-40)16-57-39(33(47)32(46(25)4)29(21)34(49)35(18)51-5)31-30(27)38-37(53-17-54-38)19(2)36(31)55-20(3)48/h6-10,22,25-27,32-33,39,45,49H,11-13,15-17,43H2,1-5H3/t22-,25-,26-,27-,32+,33+,39+,42+/m0/s1. The van der Waals surface area contributed by atoms with E-state index in [-0.39, 0.29) is 43.5 Å². The van der Waals surface area contributed by atoms with Gasteiger partial charge in [0.2, 0.25) is 6.79 Å². The van der Waals surface area contributed by atoms with Crippen LogP contribution in [-0.4, -0.2) is 90.9 Å². The highest BCUT2D eigenvalue weighted by atomic mass is 32.2. The topological polar surface area (TPSA) is 182 Å². The van der Waals surface area contributed by atoms with Gasteiger partial charge in [0.15, 0.2) is 28.5 Å². The number of nitrogens with two attached hydrogens (primary N) is 1. The Labute approximate surface area is 333 Å². The third-order valence-corrected chi connectivity index (χ3v) is 14.5. The average molecular weight is 794 g/mol. The van der Waals surface area contributed by atoms with Crippen molar-refractivity contribution < 1.29 is 42.8 Å². The summed E-state index contributed by atoms with van der Waals surface area (Å²) in [7, 11) is 3.54. The number of hydrogen-bond donors (Lipinski definition) is 3. The first kappa shape index (κ1) is 36.4. The molecular weight excluding hydrogens is 751 g/mol. The van der Waals surface area contributed by atoms with Crippen LogP contribution in [0.15, 0.2) is 34.7 Å². The van der Waals surface area contributed by atoms with Crippen molar-refractivity contribution in [3.8, 4) is 34.8 Å². The van der Waals surface area contributed by atoms with Crippen LogP contribution >= 0.6 is 11.8 Å². The number of thioether (sulfide) groups is 1. The molecule has 3 aromatic carbocycles. The minimum absolute atomic E-state index is 0.0491. The molecule has 1 aromatic heterocycles. The van der Waals surface area contributed by atoms with Gasteiger partial charge < -0.3 is 38.9 Å². The minimum Gasteiger partial charge on any atom is -0.504 e. The van der Waals surface area contributed by atoms with E-state index in [0.717, 1.165) is 22.1 Å². The molecule has 4 bridgehead atoms. The van der Waals surface area contributed by atoms with E-state index in [4.69, 9.17) is 33.8 Å². The molecule has 0 amide bonds. The molecule has 4 N–H and O–H groups in total. The number of nitrogens with zero attached hydrogens (tertiary/aromatic N) is 3. The molecule has 1 spiro atoms. The highest BCUT2D eigenvalue weighted by Crippen LogP contribution is 2.64. The lowest BCUT2D eigenvalue weighted by atomic mass is 9.71. The largest absolute Gasteiger partial charge is 0.504 e. The van der Waals surface area contributed by atoms with Gasteiger partial charge in [-0.3, -0.25) is 19.9 Å². The number of nitriles is 1. The van der Waals surface area contributed by atoms with E-state index in [1.807, 2.05) is 45.2 Å². The molecule has 11 rings (SSSR count). The first-order valence-corrected chi connectivity index (χ1v) is 20.3. The number of nitrogens with one attached hydrogen (secondary N) is 1. The number of phenols is 1. The van der Waals surface area contributed by atoms with Gasteiger partial charge in [-0.15, -0.1) is 11.8 Å². The molecule has 0 saturated carbocycles. The van der Waals surface area contributed by atoms with Crippen LogP contribution in [-0.2, 0) is 32.7 Å². The zero-order valence-corrected chi connectivity index (χ0v) is 33.0. The van der Waals surface area contributed by atoms with E-state index in [1.165, 1.54) is 18.7 Å². The van der Waals surface area contributed by atoms with E-state index >= 15 is 4.79 Å². The Balaban J connectivity index is 1.26. The number of carbonyl (C=O) groups is 2. The van der Waals surface area contributed by atoms with Crippen molar-refractivity contribution in [1.82, 2.24) is 15.1 Å². The molecule has 7 aliphatic heterocycles. The molecule has 2 saturated heterocycles. The highest BCUT2D eigenvalue weighted by Gasteiger charge is 2.62. The number of para-hydroxylation sites is 1. The van der Waals surface area contributed by atoms with Crippen LogP contribution in [0.1, 0.15) is 69.0 Å². The third-order valence-electron chi connectivity index (χ3n) is 13.0. The van der Waals surface area contributed by atoms with Crippen LogP contribution in [0.4, 0.5) is 0 Å². The van der Waals surface area contributed by atoms with Gasteiger partial charge in [0.05, 0.1) is 30.5 Å². The fourth-order valence-electron chi connectivity index (χ4n) is 10.7. The van der Waals surface area contributed by atoms with Crippen LogP contribution in [0.2, 0.25) is 0 Å². The molecule has 4 aromatic rings. The van der Waals surface area contributed by atoms with Crippen molar-refractivity contribution in [3.05, 3.63) is 75.0 Å². The molecule has 2 fully saturated rings. The van der Waals surface area contributed by atoms with Crippen LogP contribution in [0.3, 0.4) is 0 Å². The number of benzene rings is 3. The molecule has 7 aliphatic rings. The van der Waals surface area contributed by atoms with E-state index < -0.39 is 46.9 Å². The number of fused-ring (bicyclic) bond motifs is 11. The Morgan fingerprint density at radius 3 is 2.68 bits per heavy atom. The van der Waals surface area contributed by atoms with Crippen molar-refractivity contribution in [1.29, 1.82) is 5.26 Å². The van der Waals surface area contributed by atoms with E-state index in [9.17, 15) is 15.2 Å². The van der Waals surface area contributed by atoms with Crippen molar-refractivity contribution >= 4 is 34.7 Å². The summed E-state index contributed by atoms with van der Waals surface area (Å²) in [6, 6.07) is 9.42. The van der Waals surface area contributed by atoms with Crippen molar-refractivity contribution in [2.45, 2.75) is 80.7 Å². The summed E-state index contributed by atoms with van der Waals surface area (Å²) < 4.78 is 37.4. The lowest BCUT2D eigenvalue weighted by Gasteiger charge is -2.62. The van der Waals surface area contributed by atoms with Crippen LogP contribution in [0, 0.1) is 25.2 Å². The predicted molar refractivity (Wildman–Crippen MR) is 208 cm³/mol. The van der Waals surface area contributed by atoms with Crippen molar-refractivity contribution in [2.75, 3.05) is 39.9 Å². The normalized spacial score (nSPS) is 29.8. The second kappa shape index (κ2) is 13.0. The van der Waals surface area contributed by atoms with Gasteiger partial charge in [-0.05, 0) is 50.9 Å². The fourth-order valence-corrected chi connectivity index (χ4v) is 12.4. The number of furan rings is 1. The number of aryl methyl sites for hydroxylation is 1. The van der Waals surface area contributed by atoms with Gasteiger partial charge in [-0.2, -0.15) is 5.26 Å². The molecule has 0 unspecified atom stereocenters. The molecule has 0 aliphatic carbocycles. The zero-order valence-electron chi connectivity index (χ0n) is 32.2. The summed E-state index contributed by atoms with van der Waals surface area (Å²) in [6.07, 6.45) is 1.05. The van der Waals surface area contributed by atoms with Gasteiger partial charge in [-0.1, -0.05) is 24.3 Å². The van der Waals surface area contributed by atoms with Crippen LogP contribution in [0.25, 0.3) is 11.0 Å². The Hall–Kier alpha value is -4.98. The number of rotatable bonds is 3. The summed E-state index contributed by atoms with van der Waals surface area (Å²) >= 11 is 1.49. The second-order valence-electron chi connectivity index (χ2n) is 15.9. The number of aromatic hydroxyl groups is 1. The summed E-state index contributed by atoms with van der Waals surface area (Å²) in [5.74, 6) is 1.25. The number of carbonyl (C=O) groups excluding carboxylic acids is 2. The Kier molecular flexibility index (Phi) is 8.31. The van der Waals surface area contributed by atoms with E-state index in [1.54, 1.807) is 7.11 Å². The van der Waals surface area contributed by atoms with Gasteiger partial charge in [0.25, 0.3) is 0 Å². The van der Waals surface area contributed by atoms with Gasteiger partial charge in [0, 0.05) is 70.6 Å². The number of ether oxygens (including phenoxy) is 5. The Morgan fingerprint density at radius 2 is 1.93 bits per heavy atom. The molecule has 8 atom stereocenters. The SMILES string of the molecule is COc1c(C)cc2c(c1O)[C@@H]1[C@@H]3[C@@H]4SC[C@]5(N[C@H](CN)Cc6c5oc5ccccc65)C(=O)OC[C@@H](c5c6c(c(C)c(OC(C)=O)c54)OCO6)N3[C@@H](C#N)[C@H](C2)N1C. The molecule has 15 heteroatoms. The number of esters is 2. The highest BCUT2D eigenvalue weighted by molar-refractivity contribution is 7.99. The Bertz CT molecular complexity index is 2450. The van der Waals surface area contributed by atoms with Gasteiger partial charge >= 0.3 is 11.9 Å². The van der Waals surface area contributed by atoms with E-state index in [2.05, 4.69) is 27.3 Å². The number of phenolic OH excluding ortho intramolecular Hbond substituents is 1. The first-order valence-electron chi connectivity index (χ1n) is 19.2. The zero-order chi connectivity index (χ0) is 39.7. The van der Waals surface area contributed by atoms with Crippen molar-refractivity contribution in [2.24, 2.45) is 5.73 Å². The third kappa shape index (κ3) is 4.91. The average Bonchev–Trinajstić information content (AvgIpc) is 3.84. The lowest BCUT2D eigenvalue weighted by Crippen LogP contribution is -2.69. The van der Waals surface area contributed by atoms with Gasteiger partial charge in [0.1, 0.15) is 29.7 Å². The van der Waals surface area contributed by atoms with Gasteiger partial charge in [-0.25, -0.2) is 4.79 Å². The fraction of sp³-hybridized carbons (Fsp3) is 0.452. The lowest BCUT2D eigenvalue weighted by molar-refractivity contribution is -0.158. The molecule has 8 heterocycles. The number of piperazine rings is 1. The Morgan fingerprint density at radius 1 is 1.14 bits per heavy atom. The maximum absolute atomic E-state index is 15.0. The van der Waals surface area contributed by atoms with Crippen LogP contribution < -0.4 is 30.0 Å². The maximum Gasteiger partial charge on any atom is 0.335 e. The maximum atomic E-state index is 15.0. The van der Waals surface area contributed by atoms with Crippen LogP contribution in [0.5, 0.6) is 28.7 Å². The number of methoxy groups -OCH3 is 1. The molecule has 0 radical (unpaired) electrons. The first-order chi connectivity index (χ1) is 27.5. The molecule has 14 nitrogen and oxygen atoms in total. The second-order valence-corrected chi connectivity index (χ2v) is 17.0. The molecular formula is C42H43N5O9S. The molecule has 57 heavy (non-hydrogen) atoms. The number of likely N-dealkylation sites (N-methyl/N-ethyl adjacent to an activating group) is 1. The minimum atomic E-state index is -1.46. The van der Waals surface area contributed by atoms with Crippen molar-refractivity contribution in [3.63, 3.8) is 0 Å². The summed E-state index contributed by atoms with van der Waals surface area (Å²) in [5, 5.41) is 27.2. The molecule has 296 valence electrons. The monoisotopic (exact) mass is 793 g/mol. The number of hydrogen-bond acceptors (Lipinski definition) is 15. The summed E-state index contributed by atoms with van der Waals surface area (Å²) in [6.45, 7) is 5.13.